The number of halogens is 2. The lowest BCUT2D eigenvalue weighted by Gasteiger charge is -2.57. The molecule has 3 atom stereocenters. The zero-order valence-corrected chi connectivity index (χ0v) is 17.5. The molecule has 1 saturated heterocycles. The first-order valence-corrected chi connectivity index (χ1v) is 8.80. The van der Waals surface area contributed by atoms with E-state index in [2.05, 4.69) is 17.1 Å². The van der Waals surface area contributed by atoms with Crippen LogP contribution in [0, 0.1) is 11.3 Å². The lowest BCUT2D eigenvalue weighted by atomic mass is 9.54. The topological polar surface area (TPSA) is 76.8 Å². The number of carbonyl (C=O) groups is 1. The predicted molar refractivity (Wildman–Crippen MR) is 105 cm³/mol. The van der Waals surface area contributed by atoms with Gasteiger partial charge in [-0.15, -0.1) is 24.8 Å². The van der Waals surface area contributed by atoms with Crippen LogP contribution in [0.4, 0.5) is 0 Å². The molecular weight excluding hydrogens is 365 g/mol. The number of nitrogens with one attached hydrogen (secondary N) is 1. The van der Waals surface area contributed by atoms with Crippen molar-refractivity contribution in [2.24, 2.45) is 17.1 Å². The quantitative estimate of drug-likeness (QED) is 0.677. The highest BCUT2D eigenvalue weighted by molar-refractivity contribution is 5.88. The standard InChI is InChI=1S/C17H33N3O3.2ClH/c1-5-23-14-10-17(18,16(14,3)4)15(21)19-11-13(2)12-20-6-8-22-9-7-20;;/h13-14H,5-12,18H2,1-4H3,(H,19,21);2*1H. The van der Waals surface area contributed by atoms with Crippen molar-refractivity contribution < 1.29 is 14.3 Å². The van der Waals surface area contributed by atoms with E-state index < -0.39 is 5.54 Å². The molecule has 0 aromatic heterocycles. The first-order valence-electron chi connectivity index (χ1n) is 8.80. The fraction of sp³-hybridized carbons (Fsp3) is 0.941. The summed E-state index contributed by atoms with van der Waals surface area (Å²) in [4.78, 5) is 15.0. The number of morpholine rings is 1. The number of rotatable bonds is 7. The monoisotopic (exact) mass is 399 g/mol. The number of nitrogens with two attached hydrogens (primary N) is 1. The van der Waals surface area contributed by atoms with Crippen LogP contribution in [0.15, 0.2) is 0 Å². The van der Waals surface area contributed by atoms with Gasteiger partial charge in [-0.1, -0.05) is 20.8 Å². The van der Waals surface area contributed by atoms with Crippen LogP contribution in [0.5, 0.6) is 0 Å². The molecular formula is C17H35Cl2N3O3. The van der Waals surface area contributed by atoms with Gasteiger partial charge in [-0.2, -0.15) is 0 Å². The Kier molecular flexibility index (Phi) is 10.2. The molecule has 1 heterocycles. The van der Waals surface area contributed by atoms with Crippen LogP contribution in [-0.4, -0.2) is 68.4 Å². The molecule has 0 aromatic carbocycles. The Bertz CT molecular complexity index is 420. The minimum Gasteiger partial charge on any atom is -0.379 e. The van der Waals surface area contributed by atoms with Crippen LogP contribution >= 0.6 is 24.8 Å². The fourth-order valence-corrected chi connectivity index (χ4v) is 3.53. The van der Waals surface area contributed by atoms with E-state index in [0.29, 0.717) is 25.5 Å². The van der Waals surface area contributed by atoms with E-state index >= 15 is 0 Å². The van der Waals surface area contributed by atoms with E-state index in [1.807, 2.05) is 20.8 Å². The van der Waals surface area contributed by atoms with Gasteiger partial charge < -0.3 is 20.5 Å². The third-order valence-corrected chi connectivity index (χ3v) is 5.52. The first kappa shape index (κ1) is 24.9. The zero-order chi connectivity index (χ0) is 17.1. The van der Waals surface area contributed by atoms with Crippen LogP contribution in [0.3, 0.4) is 0 Å². The lowest BCUT2D eigenvalue weighted by molar-refractivity contribution is -0.170. The average molecular weight is 400 g/mol. The first-order chi connectivity index (χ1) is 10.8. The number of hydrogen-bond acceptors (Lipinski definition) is 5. The highest BCUT2D eigenvalue weighted by Gasteiger charge is 2.62. The van der Waals surface area contributed by atoms with Crippen molar-refractivity contribution in [2.75, 3.05) is 46.0 Å². The molecule has 3 unspecified atom stereocenters. The summed E-state index contributed by atoms with van der Waals surface area (Å²) in [5.74, 6) is 0.346. The van der Waals surface area contributed by atoms with Crippen LogP contribution in [0.1, 0.15) is 34.1 Å². The molecule has 1 amide bonds. The minimum absolute atomic E-state index is 0. The third kappa shape index (κ3) is 5.44. The smallest absolute Gasteiger partial charge is 0.240 e. The van der Waals surface area contributed by atoms with E-state index in [-0.39, 0.29) is 42.2 Å². The summed E-state index contributed by atoms with van der Waals surface area (Å²) in [5.41, 5.74) is 5.24. The molecule has 0 spiro atoms. The second-order valence-electron chi connectivity index (χ2n) is 7.57. The van der Waals surface area contributed by atoms with Gasteiger partial charge in [0.1, 0.15) is 5.54 Å². The number of ether oxygens (including phenoxy) is 2. The van der Waals surface area contributed by atoms with Crippen LogP contribution in [-0.2, 0) is 14.3 Å². The Morgan fingerprint density at radius 3 is 2.48 bits per heavy atom. The third-order valence-electron chi connectivity index (χ3n) is 5.52. The molecule has 150 valence electrons. The zero-order valence-electron chi connectivity index (χ0n) is 15.9. The van der Waals surface area contributed by atoms with Crippen molar-refractivity contribution in [3.8, 4) is 0 Å². The van der Waals surface area contributed by atoms with Crippen molar-refractivity contribution in [1.82, 2.24) is 10.2 Å². The summed E-state index contributed by atoms with van der Waals surface area (Å²) >= 11 is 0. The molecule has 25 heavy (non-hydrogen) atoms. The van der Waals surface area contributed by atoms with Crippen molar-refractivity contribution in [1.29, 1.82) is 0 Å². The van der Waals surface area contributed by atoms with Gasteiger partial charge in [0.15, 0.2) is 0 Å². The van der Waals surface area contributed by atoms with Gasteiger partial charge in [-0.05, 0) is 12.8 Å². The van der Waals surface area contributed by atoms with Crippen molar-refractivity contribution in [2.45, 2.75) is 45.8 Å². The summed E-state index contributed by atoms with van der Waals surface area (Å²) in [6, 6.07) is 0. The highest BCUT2D eigenvalue weighted by atomic mass is 35.5. The SMILES string of the molecule is CCOC1CC(N)(C(=O)NCC(C)CN2CCOCC2)C1(C)C.Cl.Cl. The number of amides is 1. The molecule has 1 aliphatic carbocycles. The lowest BCUT2D eigenvalue weighted by Crippen LogP contribution is -2.75. The largest absolute Gasteiger partial charge is 0.379 e. The Hall–Kier alpha value is -0.110. The highest BCUT2D eigenvalue weighted by Crippen LogP contribution is 2.49. The van der Waals surface area contributed by atoms with E-state index in [1.165, 1.54) is 0 Å². The van der Waals surface area contributed by atoms with E-state index in [9.17, 15) is 4.79 Å². The molecule has 8 heteroatoms. The summed E-state index contributed by atoms with van der Waals surface area (Å²) in [6.07, 6.45) is 0.659. The van der Waals surface area contributed by atoms with Crippen LogP contribution in [0.2, 0.25) is 0 Å². The average Bonchev–Trinajstić information content (AvgIpc) is 2.53. The summed E-state index contributed by atoms with van der Waals surface area (Å²) in [7, 11) is 0. The van der Waals surface area contributed by atoms with E-state index in [1.54, 1.807) is 0 Å². The number of hydrogen-bond donors (Lipinski definition) is 2. The maximum atomic E-state index is 12.6. The Balaban J connectivity index is 0.00000288. The Morgan fingerprint density at radius 2 is 1.96 bits per heavy atom. The van der Waals surface area contributed by atoms with Gasteiger partial charge in [-0.25, -0.2) is 0 Å². The molecule has 2 rings (SSSR count). The second-order valence-corrected chi connectivity index (χ2v) is 7.57. The van der Waals surface area contributed by atoms with Gasteiger partial charge in [0.25, 0.3) is 0 Å². The predicted octanol–water partition coefficient (Wildman–Crippen LogP) is 1.45. The normalized spacial score (nSPS) is 29.6. The second kappa shape index (κ2) is 10.3. The minimum atomic E-state index is -0.828. The molecule has 0 aromatic rings. The molecule has 3 N–H and O–H groups in total. The number of nitrogens with zero attached hydrogens (tertiary/aromatic N) is 1. The van der Waals surface area contributed by atoms with Gasteiger partial charge in [-0.3, -0.25) is 9.69 Å². The Labute approximate surface area is 164 Å². The maximum Gasteiger partial charge on any atom is 0.240 e. The van der Waals surface area contributed by atoms with Crippen LogP contribution in [0.25, 0.3) is 0 Å². The summed E-state index contributed by atoms with van der Waals surface area (Å²) < 4.78 is 11.0. The van der Waals surface area contributed by atoms with E-state index in [4.69, 9.17) is 15.2 Å². The molecule has 0 radical (unpaired) electrons. The summed E-state index contributed by atoms with van der Waals surface area (Å²) in [5, 5.41) is 3.06. The molecule has 1 aliphatic heterocycles. The molecule has 2 aliphatic rings. The summed E-state index contributed by atoms with van der Waals surface area (Å²) in [6.45, 7) is 14.0. The van der Waals surface area contributed by atoms with Crippen LogP contribution < -0.4 is 11.1 Å². The van der Waals surface area contributed by atoms with Gasteiger partial charge in [0, 0.05) is 44.6 Å². The maximum absolute atomic E-state index is 12.6. The van der Waals surface area contributed by atoms with Gasteiger partial charge in [0.05, 0.1) is 19.3 Å². The molecule has 2 fully saturated rings. The fourth-order valence-electron chi connectivity index (χ4n) is 3.53. The van der Waals surface area contributed by atoms with Crippen molar-refractivity contribution in [3.05, 3.63) is 0 Å². The van der Waals surface area contributed by atoms with Crippen molar-refractivity contribution in [3.63, 3.8) is 0 Å². The van der Waals surface area contributed by atoms with E-state index in [0.717, 1.165) is 32.8 Å². The molecule has 1 saturated carbocycles. The van der Waals surface area contributed by atoms with Gasteiger partial charge >= 0.3 is 0 Å². The molecule has 6 nitrogen and oxygen atoms in total. The molecule has 0 bridgehead atoms. The van der Waals surface area contributed by atoms with Crippen molar-refractivity contribution >= 4 is 30.7 Å². The van der Waals surface area contributed by atoms with Gasteiger partial charge in [0.2, 0.25) is 5.91 Å². The number of carbonyl (C=O) groups excluding carboxylic acids is 1. The Morgan fingerprint density at radius 1 is 1.36 bits per heavy atom.